The van der Waals surface area contributed by atoms with Crippen molar-refractivity contribution < 1.29 is 12.4 Å². The molecule has 2 atom stereocenters. The molecule has 0 N–H and O–H groups in total. The molecule has 0 fully saturated rings. The van der Waals surface area contributed by atoms with Gasteiger partial charge in [0.05, 0.1) is 0 Å². The average Bonchev–Trinajstić information content (AvgIpc) is 2.48. The molecule has 19 heavy (non-hydrogen) atoms. The van der Waals surface area contributed by atoms with Crippen LogP contribution >= 0.6 is 17.9 Å². The van der Waals surface area contributed by atoms with E-state index in [1.165, 1.54) is 0 Å². The molecule has 7 heteroatoms. The van der Waals surface area contributed by atoms with E-state index in [1.54, 1.807) is 0 Å². The van der Waals surface area contributed by atoms with Gasteiger partial charge in [0.1, 0.15) is 0 Å². The first kappa shape index (κ1) is 20.6. The first-order valence-electron chi connectivity index (χ1n) is 5.54. The topological polar surface area (TPSA) is 95.2 Å². The Balaban J connectivity index is 0. The van der Waals surface area contributed by atoms with E-state index in [4.69, 9.17) is 21.0 Å². The van der Waals surface area contributed by atoms with E-state index in [1.807, 2.05) is 0 Å². The predicted molar refractivity (Wildman–Crippen MR) is 79.6 cm³/mol. The van der Waals surface area contributed by atoms with Crippen molar-refractivity contribution in [3.63, 3.8) is 0 Å². The molecule has 4 nitrogen and oxygen atoms in total. The van der Waals surface area contributed by atoms with Crippen LogP contribution in [0, 0.1) is 45.3 Å². The zero-order valence-corrected chi connectivity index (χ0v) is 14.2. The Kier molecular flexibility index (Phi) is 16.7. The molecule has 0 heterocycles. The SMILES string of the molecule is N#CC[CH2][Ni]([CH2]CC#N)([CH2]CC#N)[CH2]CC#N.PP. The summed E-state index contributed by atoms with van der Waals surface area (Å²) in [6.45, 7) is 0. The van der Waals surface area contributed by atoms with Crippen molar-refractivity contribution in [3.05, 3.63) is 0 Å². The normalized spacial score (nSPS) is 9.79. The molecule has 0 rings (SSSR count). The van der Waals surface area contributed by atoms with E-state index in [-0.39, 0.29) is 0 Å². The minimum atomic E-state index is -1.25. The van der Waals surface area contributed by atoms with E-state index < -0.39 is 12.4 Å². The fourth-order valence-electron chi connectivity index (χ4n) is 1.29. The van der Waals surface area contributed by atoms with Crippen molar-refractivity contribution in [1.82, 2.24) is 0 Å². The Bertz CT molecular complexity index is 309. The largest absolute Gasteiger partial charge is 0.118 e. The molecule has 0 aromatic carbocycles. The summed E-state index contributed by atoms with van der Waals surface area (Å²) in [5, 5.41) is 37.8. The fourth-order valence-corrected chi connectivity index (χ4v) is 5.30. The summed E-state index contributed by atoms with van der Waals surface area (Å²) in [4.78, 5) is 0. The van der Waals surface area contributed by atoms with Crippen LogP contribution in [-0.2, 0) is 12.4 Å². The van der Waals surface area contributed by atoms with Gasteiger partial charge in [-0.25, -0.2) is 0 Å². The van der Waals surface area contributed by atoms with Gasteiger partial charge in [-0.05, 0) is 0 Å². The summed E-state index contributed by atoms with van der Waals surface area (Å²) in [6.07, 6.45) is 1.84. The maximum Gasteiger partial charge on any atom is -0.118 e. The van der Waals surface area contributed by atoms with Gasteiger partial charge in [0.15, 0.2) is 0 Å². The minimum absolute atomic E-state index is 0.461. The molecular weight excluding hydrogens is 321 g/mol. The van der Waals surface area contributed by atoms with Gasteiger partial charge in [0.25, 0.3) is 0 Å². The van der Waals surface area contributed by atoms with E-state index in [0.29, 0.717) is 25.7 Å². The van der Waals surface area contributed by atoms with Crippen molar-refractivity contribution in [2.45, 2.75) is 47.2 Å². The molecule has 0 bridgehead atoms. The monoisotopic (exact) mass is 340 g/mol. The van der Waals surface area contributed by atoms with Crippen LogP contribution in [0.1, 0.15) is 25.7 Å². The van der Waals surface area contributed by atoms with Gasteiger partial charge >= 0.3 is 105 Å². The molecule has 0 aliphatic rings. The van der Waals surface area contributed by atoms with E-state index >= 15 is 0 Å². The van der Waals surface area contributed by atoms with Crippen LogP contribution < -0.4 is 0 Å². The third-order valence-electron chi connectivity index (χ3n) is 2.11. The Morgan fingerprint density at radius 3 is 0.947 bits per heavy atom. The maximum absolute atomic E-state index is 8.68. The predicted octanol–water partition coefficient (Wildman–Crippen LogP) is 4.12. The van der Waals surface area contributed by atoms with E-state index in [2.05, 4.69) is 42.1 Å². The second-order valence-corrected chi connectivity index (χ2v) is 8.15. The van der Waals surface area contributed by atoms with Gasteiger partial charge < -0.3 is 0 Å². The van der Waals surface area contributed by atoms with Crippen LogP contribution in [0.5, 0.6) is 0 Å². The zero-order valence-electron chi connectivity index (χ0n) is 10.9. The van der Waals surface area contributed by atoms with Crippen molar-refractivity contribution in [1.29, 1.82) is 21.0 Å². The van der Waals surface area contributed by atoms with Crippen molar-refractivity contribution in [2.75, 3.05) is 0 Å². The van der Waals surface area contributed by atoms with Crippen molar-refractivity contribution in [2.24, 2.45) is 0 Å². The minimum Gasteiger partial charge on any atom is -0.118 e. The molecule has 108 valence electrons. The number of hydrogen-bond acceptors (Lipinski definition) is 4. The quantitative estimate of drug-likeness (QED) is 0.490. The molecule has 2 unspecified atom stereocenters. The summed E-state index contributed by atoms with van der Waals surface area (Å²) >= 11 is -1.25. The van der Waals surface area contributed by atoms with Crippen LogP contribution in [0.3, 0.4) is 0 Å². The summed E-state index contributed by atoms with van der Waals surface area (Å²) in [5.74, 6) is 0. The van der Waals surface area contributed by atoms with Crippen molar-refractivity contribution in [3.8, 4) is 24.3 Å². The van der Waals surface area contributed by atoms with Crippen LogP contribution in [0.15, 0.2) is 0 Å². The van der Waals surface area contributed by atoms with Crippen LogP contribution in [0.25, 0.3) is 0 Å². The van der Waals surface area contributed by atoms with E-state index in [9.17, 15) is 0 Å². The summed E-state index contributed by atoms with van der Waals surface area (Å²) < 4.78 is 0. The van der Waals surface area contributed by atoms with Gasteiger partial charge in [-0.3, -0.25) is 0 Å². The standard InChI is InChI=1S/4C3H4N.Ni.H4P2/c4*1-2-3-4;;1-2/h4*1-2H2;;1-2H2. The first-order valence-corrected chi connectivity index (χ1v) is 11.0. The van der Waals surface area contributed by atoms with Crippen LogP contribution in [0.2, 0.25) is 21.6 Å². The third kappa shape index (κ3) is 10.9. The van der Waals surface area contributed by atoms with Crippen LogP contribution in [-0.4, -0.2) is 0 Å². The summed E-state index contributed by atoms with van der Waals surface area (Å²) in [5.41, 5.74) is 0. The Morgan fingerprint density at radius 2 is 0.789 bits per heavy atom. The molecular formula is C12H20N4NiP2. The molecule has 0 aliphatic carbocycles. The number of rotatable bonds is 8. The summed E-state index contributed by atoms with van der Waals surface area (Å²) in [6, 6.07) is 8.51. The smallest absolute Gasteiger partial charge is 0.118 e. The molecule has 0 radical (unpaired) electrons. The number of nitriles is 4. The van der Waals surface area contributed by atoms with E-state index in [0.717, 1.165) is 21.6 Å². The molecule has 0 aromatic rings. The molecule has 0 amide bonds. The fraction of sp³-hybridized carbons (Fsp3) is 0.667. The second kappa shape index (κ2) is 15.4. The third-order valence-corrected chi connectivity index (χ3v) is 7.28. The average molecular weight is 341 g/mol. The summed E-state index contributed by atoms with van der Waals surface area (Å²) in [7, 11) is 4.67. The molecule has 0 saturated carbocycles. The molecule has 0 aromatic heterocycles. The van der Waals surface area contributed by atoms with Gasteiger partial charge in [0.2, 0.25) is 0 Å². The zero-order chi connectivity index (χ0) is 15.0. The van der Waals surface area contributed by atoms with Crippen LogP contribution in [0.4, 0.5) is 0 Å². The number of nitrogens with zero attached hydrogens (tertiary/aromatic N) is 4. The van der Waals surface area contributed by atoms with Gasteiger partial charge in [-0.2, -0.15) is 0 Å². The second-order valence-electron chi connectivity index (χ2n) is 3.21. The Hall–Kier alpha value is -0.686. The van der Waals surface area contributed by atoms with Crippen molar-refractivity contribution >= 4 is 17.9 Å². The molecule has 0 saturated heterocycles. The number of hydrogen-bond donors (Lipinski definition) is 0. The molecule has 0 aliphatic heterocycles. The Labute approximate surface area is 123 Å². The molecule has 0 spiro atoms. The van der Waals surface area contributed by atoms with Gasteiger partial charge in [0, 0.05) is 0 Å². The van der Waals surface area contributed by atoms with Gasteiger partial charge in [-0.15, -0.1) is 17.9 Å². The first-order chi connectivity index (χ1) is 9.24. The maximum atomic E-state index is 8.68. The Morgan fingerprint density at radius 1 is 0.579 bits per heavy atom. The van der Waals surface area contributed by atoms with Gasteiger partial charge in [-0.1, -0.05) is 0 Å².